The number of aryl methyl sites for hydroxylation is 1. The van der Waals surface area contributed by atoms with Crippen LogP contribution < -0.4 is 9.47 Å². The van der Waals surface area contributed by atoms with Crippen LogP contribution in [0.5, 0.6) is 11.5 Å². The summed E-state index contributed by atoms with van der Waals surface area (Å²) < 4.78 is 17.7. The number of hydrogen-bond donors (Lipinski definition) is 0. The number of nitro benzene ring substituents is 1. The minimum atomic E-state index is -0.683. The number of nitro groups is 1. The van der Waals surface area contributed by atoms with Gasteiger partial charge in [-0.3, -0.25) is 10.1 Å². The van der Waals surface area contributed by atoms with E-state index in [4.69, 9.17) is 25.8 Å². The molecule has 8 nitrogen and oxygen atoms in total. The number of nitrogens with zero attached hydrogens (tertiary/aromatic N) is 2. The number of methoxy groups -OCH3 is 1. The minimum absolute atomic E-state index is 0.0140. The second kappa shape index (κ2) is 10.4. The number of rotatable bonds is 7. The van der Waals surface area contributed by atoms with Gasteiger partial charge in [-0.2, -0.15) is 0 Å². The van der Waals surface area contributed by atoms with E-state index in [-0.39, 0.29) is 17.3 Å². The molecule has 0 N–H and O–H groups in total. The van der Waals surface area contributed by atoms with Crippen molar-refractivity contribution < 1.29 is 23.9 Å². The van der Waals surface area contributed by atoms with Crippen LogP contribution in [0.25, 0.3) is 6.08 Å². The molecule has 35 heavy (non-hydrogen) atoms. The van der Waals surface area contributed by atoms with Crippen LogP contribution in [0, 0.1) is 20.6 Å². The molecule has 1 aliphatic heterocycles. The first-order valence-corrected chi connectivity index (χ1v) is 11.7. The molecule has 0 aliphatic carbocycles. The fourth-order valence-electron chi connectivity index (χ4n) is 3.33. The average Bonchev–Trinajstić information content (AvgIpc) is 3.19. The lowest BCUT2D eigenvalue weighted by Gasteiger charge is -2.13. The lowest BCUT2D eigenvalue weighted by Crippen LogP contribution is -2.06. The molecule has 0 aromatic heterocycles. The molecular weight excluding hydrogens is 587 g/mol. The van der Waals surface area contributed by atoms with Crippen molar-refractivity contribution >= 4 is 57.8 Å². The summed E-state index contributed by atoms with van der Waals surface area (Å²) in [4.78, 5) is 27.4. The number of halogens is 2. The highest BCUT2D eigenvalue weighted by molar-refractivity contribution is 14.1. The zero-order valence-corrected chi connectivity index (χ0v) is 21.5. The Kier molecular flexibility index (Phi) is 7.37. The summed E-state index contributed by atoms with van der Waals surface area (Å²) >= 11 is 8.69. The quantitative estimate of drug-likeness (QED) is 0.106. The topological polar surface area (TPSA) is 100 Å². The summed E-state index contributed by atoms with van der Waals surface area (Å²) in [6.07, 6.45) is 1.50. The molecule has 0 bridgehead atoms. The predicted molar refractivity (Wildman–Crippen MR) is 140 cm³/mol. The molecule has 178 valence electrons. The Labute approximate surface area is 219 Å². The number of carbonyl (C=O) groups is 1. The van der Waals surface area contributed by atoms with Gasteiger partial charge in [0.1, 0.15) is 6.61 Å². The van der Waals surface area contributed by atoms with E-state index in [0.717, 1.165) is 9.13 Å². The van der Waals surface area contributed by atoms with Crippen molar-refractivity contribution in [2.45, 2.75) is 13.5 Å². The van der Waals surface area contributed by atoms with Crippen molar-refractivity contribution in [3.63, 3.8) is 0 Å². The average molecular weight is 605 g/mol. The summed E-state index contributed by atoms with van der Waals surface area (Å²) in [5.41, 5.74) is 2.27. The van der Waals surface area contributed by atoms with Gasteiger partial charge in [-0.25, -0.2) is 9.79 Å². The first-order valence-electron chi connectivity index (χ1n) is 10.3. The van der Waals surface area contributed by atoms with Crippen molar-refractivity contribution in [1.82, 2.24) is 0 Å². The third kappa shape index (κ3) is 5.63. The molecule has 3 aromatic rings. The van der Waals surface area contributed by atoms with Crippen molar-refractivity contribution in [2.75, 3.05) is 7.11 Å². The number of esters is 1. The van der Waals surface area contributed by atoms with E-state index < -0.39 is 10.9 Å². The molecule has 4 rings (SSSR count). The van der Waals surface area contributed by atoms with Crippen LogP contribution in [-0.2, 0) is 16.1 Å². The normalized spacial score (nSPS) is 14.0. The summed E-state index contributed by atoms with van der Waals surface area (Å²) in [5.74, 6) is 0.0665. The van der Waals surface area contributed by atoms with Crippen LogP contribution in [0.3, 0.4) is 0 Å². The van der Waals surface area contributed by atoms with Crippen LogP contribution in [-0.4, -0.2) is 23.9 Å². The van der Waals surface area contributed by atoms with Crippen LogP contribution >= 0.6 is 34.2 Å². The monoisotopic (exact) mass is 604 g/mol. The highest BCUT2D eigenvalue weighted by Gasteiger charge is 2.26. The fraction of sp³-hybridized carbons (Fsp3) is 0.120. The molecule has 0 unspecified atom stereocenters. The van der Waals surface area contributed by atoms with E-state index in [0.29, 0.717) is 39.8 Å². The Morgan fingerprint density at radius 3 is 2.60 bits per heavy atom. The van der Waals surface area contributed by atoms with Gasteiger partial charge in [-0.1, -0.05) is 29.8 Å². The zero-order chi connectivity index (χ0) is 25.1. The summed E-state index contributed by atoms with van der Waals surface area (Å²) in [5, 5.41) is 11.5. The van der Waals surface area contributed by atoms with Crippen molar-refractivity contribution in [3.8, 4) is 11.5 Å². The first kappa shape index (κ1) is 24.7. The van der Waals surface area contributed by atoms with Gasteiger partial charge in [-0.05, 0) is 77.0 Å². The molecule has 0 saturated carbocycles. The predicted octanol–water partition coefficient (Wildman–Crippen LogP) is 6.09. The van der Waals surface area contributed by atoms with Crippen molar-refractivity contribution in [1.29, 1.82) is 0 Å². The fourth-order valence-corrected chi connectivity index (χ4v) is 3.96. The van der Waals surface area contributed by atoms with E-state index in [1.165, 1.54) is 19.3 Å². The molecule has 0 atom stereocenters. The number of cyclic esters (lactones) is 1. The van der Waals surface area contributed by atoms with E-state index in [1.54, 1.807) is 31.2 Å². The molecule has 0 spiro atoms. The SMILES string of the molecule is COc1cc(/C=C2\N=C(c3ccc(C)c([N+](=O)[O-])c3)OC2=O)cc(Cl)c1OCc1ccc(I)cc1. The molecular formula is C25H18ClIN2O6. The summed E-state index contributed by atoms with van der Waals surface area (Å²) in [7, 11) is 1.49. The maximum atomic E-state index is 12.4. The summed E-state index contributed by atoms with van der Waals surface area (Å²) in [6, 6.07) is 15.7. The van der Waals surface area contributed by atoms with Crippen LogP contribution in [0.15, 0.2) is 65.3 Å². The number of carbonyl (C=O) groups excluding carboxylic acids is 1. The summed E-state index contributed by atoms with van der Waals surface area (Å²) in [6.45, 7) is 1.93. The zero-order valence-electron chi connectivity index (χ0n) is 18.6. The highest BCUT2D eigenvalue weighted by atomic mass is 127. The van der Waals surface area contributed by atoms with E-state index in [2.05, 4.69) is 27.6 Å². The number of benzene rings is 3. The van der Waals surface area contributed by atoms with Gasteiger partial charge < -0.3 is 14.2 Å². The maximum Gasteiger partial charge on any atom is 0.363 e. The van der Waals surface area contributed by atoms with Gasteiger partial charge in [0.25, 0.3) is 5.69 Å². The highest BCUT2D eigenvalue weighted by Crippen LogP contribution is 2.38. The first-order chi connectivity index (χ1) is 16.7. The van der Waals surface area contributed by atoms with Gasteiger partial charge in [0.15, 0.2) is 17.2 Å². The molecule has 0 amide bonds. The minimum Gasteiger partial charge on any atom is -0.493 e. The Bertz CT molecular complexity index is 1390. The molecule has 0 radical (unpaired) electrons. The standard InChI is InChI=1S/C25H18ClIN2O6/c1-14-3-6-17(12-21(14)29(31)32)24-28-20(25(30)35-24)10-16-9-19(26)23(22(11-16)33-2)34-13-15-4-7-18(27)8-5-15/h3-12H,13H2,1-2H3/b20-10-. The van der Waals surface area contributed by atoms with Crippen LogP contribution in [0.1, 0.15) is 22.3 Å². The third-order valence-corrected chi connectivity index (χ3v) is 6.12. The Hall–Kier alpha value is -3.44. The van der Waals surface area contributed by atoms with Gasteiger partial charge in [0.05, 0.1) is 17.1 Å². The van der Waals surface area contributed by atoms with Crippen molar-refractivity contribution in [3.05, 3.63) is 101 Å². The molecule has 10 heteroatoms. The Morgan fingerprint density at radius 1 is 1.17 bits per heavy atom. The van der Waals surface area contributed by atoms with E-state index in [9.17, 15) is 14.9 Å². The van der Waals surface area contributed by atoms with Crippen LogP contribution in [0.4, 0.5) is 5.69 Å². The Morgan fingerprint density at radius 2 is 1.91 bits per heavy atom. The number of hydrogen-bond acceptors (Lipinski definition) is 7. The van der Waals surface area contributed by atoms with E-state index >= 15 is 0 Å². The van der Waals surface area contributed by atoms with Gasteiger partial charge in [-0.15, -0.1) is 0 Å². The smallest absolute Gasteiger partial charge is 0.363 e. The molecule has 0 saturated heterocycles. The lowest BCUT2D eigenvalue weighted by molar-refractivity contribution is -0.385. The molecule has 3 aromatic carbocycles. The van der Waals surface area contributed by atoms with Crippen LogP contribution in [0.2, 0.25) is 5.02 Å². The maximum absolute atomic E-state index is 12.4. The second-order valence-electron chi connectivity index (χ2n) is 7.54. The second-order valence-corrected chi connectivity index (χ2v) is 9.20. The molecule has 1 heterocycles. The number of ether oxygens (including phenoxy) is 3. The van der Waals surface area contributed by atoms with E-state index in [1.807, 2.05) is 24.3 Å². The lowest BCUT2D eigenvalue weighted by atomic mass is 10.1. The molecule has 1 aliphatic rings. The Balaban J connectivity index is 1.60. The number of aliphatic imine (C=N–C) groups is 1. The van der Waals surface area contributed by atoms with Gasteiger partial charge in [0, 0.05) is 20.8 Å². The third-order valence-electron chi connectivity index (χ3n) is 5.12. The van der Waals surface area contributed by atoms with Gasteiger partial charge >= 0.3 is 5.97 Å². The largest absolute Gasteiger partial charge is 0.493 e. The molecule has 0 fully saturated rings. The van der Waals surface area contributed by atoms with Gasteiger partial charge in [0.2, 0.25) is 5.90 Å². The van der Waals surface area contributed by atoms with Crippen molar-refractivity contribution in [2.24, 2.45) is 4.99 Å².